The van der Waals surface area contributed by atoms with E-state index in [0.717, 1.165) is 6.42 Å². The first-order valence-electron chi connectivity index (χ1n) is 5.23. The molecule has 1 aromatic rings. The fourth-order valence-corrected chi connectivity index (χ4v) is 1.65. The van der Waals surface area contributed by atoms with Crippen LogP contribution in [0.5, 0.6) is 0 Å². The lowest BCUT2D eigenvalue weighted by Crippen LogP contribution is -2.16. The predicted octanol–water partition coefficient (Wildman–Crippen LogP) is 2.80. The van der Waals surface area contributed by atoms with Crippen LogP contribution in [-0.2, 0) is 4.79 Å². The molecule has 1 amide bonds. The lowest BCUT2D eigenvalue weighted by Gasteiger charge is -2.09. The largest absolute Gasteiger partial charge is 0.397 e. The van der Waals surface area contributed by atoms with Gasteiger partial charge in [0.15, 0.2) is 0 Å². The highest BCUT2D eigenvalue weighted by molar-refractivity contribution is 9.10. The minimum Gasteiger partial charge on any atom is -0.397 e. The molecule has 1 atom stereocenters. The van der Waals surface area contributed by atoms with Crippen LogP contribution in [0, 0.1) is 5.92 Å². The maximum atomic E-state index is 11.6. The summed E-state index contributed by atoms with van der Waals surface area (Å²) < 4.78 is 0.699. The molecular formula is C11H16BrN3O. The van der Waals surface area contributed by atoms with Gasteiger partial charge in [-0.25, -0.2) is 4.98 Å². The summed E-state index contributed by atoms with van der Waals surface area (Å²) >= 11 is 3.30. The second-order valence-electron chi connectivity index (χ2n) is 3.86. The Morgan fingerprint density at radius 1 is 1.69 bits per heavy atom. The quantitative estimate of drug-likeness (QED) is 0.894. The van der Waals surface area contributed by atoms with E-state index in [4.69, 9.17) is 5.73 Å². The van der Waals surface area contributed by atoms with Gasteiger partial charge >= 0.3 is 0 Å². The molecular weight excluding hydrogens is 270 g/mol. The maximum Gasteiger partial charge on any atom is 0.225 e. The lowest BCUT2D eigenvalue weighted by atomic mass is 10.1. The zero-order chi connectivity index (χ0) is 12.1. The van der Waals surface area contributed by atoms with E-state index in [2.05, 4.69) is 33.2 Å². The van der Waals surface area contributed by atoms with Crippen molar-refractivity contribution in [2.24, 2.45) is 5.92 Å². The molecule has 1 rings (SSSR count). The number of carbonyl (C=O) groups excluding carboxylic acids is 1. The molecule has 0 saturated heterocycles. The molecule has 0 aliphatic rings. The van der Waals surface area contributed by atoms with E-state index in [0.29, 0.717) is 28.3 Å². The Morgan fingerprint density at radius 2 is 2.38 bits per heavy atom. The van der Waals surface area contributed by atoms with Crippen LogP contribution < -0.4 is 11.1 Å². The Balaban J connectivity index is 2.63. The molecule has 0 aliphatic carbocycles. The van der Waals surface area contributed by atoms with E-state index < -0.39 is 0 Å². The molecule has 0 aromatic carbocycles. The van der Waals surface area contributed by atoms with Gasteiger partial charge in [-0.05, 0) is 27.9 Å². The minimum absolute atomic E-state index is 0.0210. The lowest BCUT2D eigenvalue weighted by molar-refractivity contribution is -0.117. The summed E-state index contributed by atoms with van der Waals surface area (Å²) in [4.78, 5) is 15.7. The molecule has 1 aromatic heterocycles. The highest BCUT2D eigenvalue weighted by Crippen LogP contribution is 2.22. The number of rotatable bonds is 4. The van der Waals surface area contributed by atoms with Crippen molar-refractivity contribution in [2.75, 3.05) is 11.1 Å². The van der Waals surface area contributed by atoms with E-state index >= 15 is 0 Å². The van der Waals surface area contributed by atoms with Gasteiger partial charge in [0.1, 0.15) is 5.82 Å². The Kier molecular flexibility index (Phi) is 4.73. The fourth-order valence-electron chi connectivity index (χ4n) is 1.19. The molecule has 5 heteroatoms. The topological polar surface area (TPSA) is 68.0 Å². The first kappa shape index (κ1) is 13.0. The zero-order valence-electron chi connectivity index (χ0n) is 9.46. The number of halogens is 1. The SMILES string of the molecule is CCC(C)CC(=O)Nc1ncc(N)cc1Br. The Bertz CT molecular complexity index is 381. The van der Waals surface area contributed by atoms with Crippen molar-refractivity contribution in [1.82, 2.24) is 4.98 Å². The third kappa shape index (κ3) is 3.81. The van der Waals surface area contributed by atoms with Gasteiger partial charge in [0, 0.05) is 6.42 Å². The smallest absolute Gasteiger partial charge is 0.225 e. The maximum absolute atomic E-state index is 11.6. The van der Waals surface area contributed by atoms with Gasteiger partial charge < -0.3 is 11.1 Å². The van der Waals surface area contributed by atoms with Crippen LogP contribution in [0.4, 0.5) is 11.5 Å². The second-order valence-corrected chi connectivity index (χ2v) is 4.72. The highest BCUT2D eigenvalue weighted by Gasteiger charge is 2.10. The molecule has 1 unspecified atom stereocenters. The molecule has 4 nitrogen and oxygen atoms in total. The number of nitrogen functional groups attached to an aromatic ring is 1. The van der Waals surface area contributed by atoms with Crippen LogP contribution in [0.1, 0.15) is 26.7 Å². The molecule has 0 bridgehead atoms. The Morgan fingerprint density at radius 3 is 2.94 bits per heavy atom. The monoisotopic (exact) mass is 285 g/mol. The number of carbonyl (C=O) groups is 1. The standard InChI is InChI=1S/C11H16BrN3O/c1-3-7(2)4-10(16)15-11-9(12)5-8(13)6-14-11/h5-7H,3-4,13H2,1-2H3,(H,14,15,16). The number of pyridine rings is 1. The van der Waals surface area contributed by atoms with E-state index in [-0.39, 0.29) is 5.91 Å². The van der Waals surface area contributed by atoms with E-state index in [1.54, 1.807) is 6.07 Å². The number of nitrogens with zero attached hydrogens (tertiary/aromatic N) is 1. The summed E-state index contributed by atoms with van der Waals surface area (Å²) in [6.45, 7) is 4.11. The highest BCUT2D eigenvalue weighted by atomic mass is 79.9. The molecule has 0 aliphatic heterocycles. The number of hydrogen-bond donors (Lipinski definition) is 2. The number of nitrogens with two attached hydrogens (primary N) is 1. The van der Waals surface area contributed by atoms with Crippen LogP contribution in [0.25, 0.3) is 0 Å². The molecule has 3 N–H and O–H groups in total. The zero-order valence-corrected chi connectivity index (χ0v) is 11.0. The summed E-state index contributed by atoms with van der Waals surface area (Å²) in [6, 6.07) is 1.71. The normalized spacial score (nSPS) is 12.2. The van der Waals surface area contributed by atoms with Gasteiger partial charge in [-0.3, -0.25) is 4.79 Å². The Hall–Kier alpha value is -1.10. The van der Waals surface area contributed by atoms with Gasteiger partial charge in [0.2, 0.25) is 5.91 Å². The van der Waals surface area contributed by atoms with Crippen molar-refractivity contribution in [3.8, 4) is 0 Å². The van der Waals surface area contributed by atoms with Crippen molar-refractivity contribution < 1.29 is 4.79 Å². The van der Waals surface area contributed by atoms with Gasteiger partial charge in [0.05, 0.1) is 16.4 Å². The molecule has 1 heterocycles. The number of aromatic nitrogens is 1. The summed E-state index contributed by atoms with van der Waals surface area (Å²) in [5.74, 6) is 0.877. The van der Waals surface area contributed by atoms with Crippen molar-refractivity contribution in [1.29, 1.82) is 0 Å². The van der Waals surface area contributed by atoms with Gasteiger partial charge in [-0.1, -0.05) is 20.3 Å². The molecule has 88 valence electrons. The second kappa shape index (κ2) is 5.84. The number of nitrogens with one attached hydrogen (secondary N) is 1. The van der Waals surface area contributed by atoms with Crippen LogP contribution in [0.3, 0.4) is 0 Å². The van der Waals surface area contributed by atoms with Crippen molar-refractivity contribution in [2.45, 2.75) is 26.7 Å². The molecule has 16 heavy (non-hydrogen) atoms. The molecule has 0 spiro atoms. The molecule has 0 fully saturated rings. The van der Waals surface area contributed by atoms with Crippen LogP contribution >= 0.6 is 15.9 Å². The van der Waals surface area contributed by atoms with E-state index in [1.165, 1.54) is 6.20 Å². The van der Waals surface area contributed by atoms with Crippen LogP contribution in [0.2, 0.25) is 0 Å². The summed E-state index contributed by atoms with van der Waals surface area (Å²) in [5, 5.41) is 2.75. The number of anilines is 2. The van der Waals surface area contributed by atoms with Gasteiger partial charge in [-0.15, -0.1) is 0 Å². The first-order chi connectivity index (χ1) is 7.52. The predicted molar refractivity (Wildman–Crippen MR) is 69.1 cm³/mol. The Labute approximate surface area is 104 Å². The van der Waals surface area contributed by atoms with Crippen molar-refractivity contribution >= 4 is 33.3 Å². The van der Waals surface area contributed by atoms with E-state index in [1.807, 2.05) is 6.92 Å². The molecule has 0 saturated carbocycles. The van der Waals surface area contributed by atoms with Crippen molar-refractivity contribution in [3.05, 3.63) is 16.7 Å². The third-order valence-corrected chi connectivity index (χ3v) is 2.96. The summed E-state index contributed by atoms with van der Waals surface area (Å²) in [5.41, 5.74) is 6.12. The fraction of sp³-hybridized carbons (Fsp3) is 0.455. The average molecular weight is 286 g/mol. The van der Waals surface area contributed by atoms with E-state index in [9.17, 15) is 4.79 Å². The summed E-state index contributed by atoms with van der Waals surface area (Å²) in [7, 11) is 0. The minimum atomic E-state index is -0.0210. The van der Waals surface area contributed by atoms with Crippen LogP contribution in [-0.4, -0.2) is 10.9 Å². The third-order valence-electron chi connectivity index (χ3n) is 2.35. The van der Waals surface area contributed by atoms with Gasteiger partial charge in [-0.2, -0.15) is 0 Å². The van der Waals surface area contributed by atoms with Gasteiger partial charge in [0.25, 0.3) is 0 Å². The van der Waals surface area contributed by atoms with Crippen LogP contribution in [0.15, 0.2) is 16.7 Å². The average Bonchev–Trinajstić information content (AvgIpc) is 2.22. The number of amides is 1. The number of hydrogen-bond acceptors (Lipinski definition) is 3. The summed E-state index contributed by atoms with van der Waals surface area (Å²) in [6.07, 6.45) is 3.02. The molecule has 0 radical (unpaired) electrons. The van der Waals surface area contributed by atoms with Crippen molar-refractivity contribution in [3.63, 3.8) is 0 Å². The first-order valence-corrected chi connectivity index (χ1v) is 6.03.